The van der Waals surface area contributed by atoms with E-state index in [4.69, 9.17) is 16.3 Å². The first-order valence-corrected chi connectivity index (χ1v) is 8.81. The summed E-state index contributed by atoms with van der Waals surface area (Å²) in [7, 11) is 0. The largest absolute Gasteiger partial charge is 0.486 e. The van der Waals surface area contributed by atoms with Crippen LogP contribution in [0.4, 0.5) is 0 Å². The second kappa shape index (κ2) is 6.84. The van der Waals surface area contributed by atoms with E-state index in [1.165, 1.54) is 0 Å². The molecule has 2 heterocycles. The summed E-state index contributed by atoms with van der Waals surface area (Å²) in [6, 6.07) is 3.88. The van der Waals surface area contributed by atoms with Gasteiger partial charge >= 0.3 is 0 Å². The highest BCUT2D eigenvalue weighted by Crippen LogP contribution is 2.39. The van der Waals surface area contributed by atoms with Crippen molar-refractivity contribution in [3.63, 3.8) is 0 Å². The van der Waals surface area contributed by atoms with Crippen LogP contribution < -0.4 is 10.1 Å². The van der Waals surface area contributed by atoms with Crippen molar-refractivity contribution in [3.05, 3.63) is 53.0 Å². The second-order valence-corrected chi connectivity index (χ2v) is 6.72. The number of nitrogens with zero attached hydrogens (tertiary/aromatic N) is 2. The quantitative estimate of drug-likeness (QED) is 0.913. The molecule has 25 heavy (non-hydrogen) atoms. The maximum atomic E-state index is 12.1. The van der Waals surface area contributed by atoms with Crippen LogP contribution in [0.5, 0.6) is 5.75 Å². The average molecular weight is 356 g/mol. The van der Waals surface area contributed by atoms with Crippen LogP contribution in [0.1, 0.15) is 24.8 Å². The number of carbonyl (C=O) groups is 1. The van der Waals surface area contributed by atoms with Crippen LogP contribution in [0.3, 0.4) is 0 Å². The van der Waals surface area contributed by atoms with Crippen LogP contribution in [-0.2, 0) is 11.2 Å². The molecule has 2 aromatic rings. The minimum atomic E-state index is -0.101. The van der Waals surface area contributed by atoms with Gasteiger partial charge in [0.15, 0.2) is 0 Å². The zero-order chi connectivity index (χ0) is 17.2. The number of carbonyl (C=O) groups excluding carboxylic acids is 1. The molecule has 0 saturated carbocycles. The van der Waals surface area contributed by atoms with Gasteiger partial charge in [-0.25, -0.2) is 0 Å². The molecule has 1 aromatic carbocycles. The average Bonchev–Trinajstić information content (AvgIpc) is 3.30. The van der Waals surface area contributed by atoms with Crippen molar-refractivity contribution in [1.82, 2.24) is 15.3 Å². The number of amides is 1. The fourth-order valence-corrected chi connectivity index (χ4v) is 3.58. The summed E-state index contributed by atoms with van der Waals surface area (Å²) in [6.45, 7) is 0.474. The Morgan fingerprint density at radius 2 is 2.28 bits per heavy atom. The molecule has 1 aliphatic heterocycles. The molecule has 0 bridgehead atoms. The third kappa shape index (κ3) is 3.37. The summed E-state index contributed by atoms with van der Waals surface area (Å²) in [5.41, 5.74) is 3.62. The predicted molar refractivity (Wildman–Crippen MR) is 95.5 cm³/mol. The lowest BCUT2D eigenvalue weighted by Crippen LogP contribution is -2.35. The number of allylic oxidation sites excluding steroid dienone is 1. The number of hydrogen-bond donors (Lipinski definition) is 1. The fraction of sp³-hybridized carbons (Fsp3) is 0.316. The standard InChI is InChI=1S/C19H18ClN3O2/c20-16-9-13(17-11-21-5-6-22-17)7-14-8-15(25-18(14)16)10-23-19(24)12-3-1-2-4-12/h3,5-7,9,11,15H,1-2,4,8,10H2,(H,23,24). The summed E-state index contributed by atoms with van der Waals surface area (Å²) in [6.07, 6.45) is 10.6. The summed E-state index contributed by atoms with van der Waals surface area (Å²) in [5, 5.41) is 3.53. The van der Waals surface area contributed by atoms with E-state index in [9.17, 15) is 4.79 Å². The first-order chi connectivity index (χ1) is 12.2. The molecular weight excluding hydrogens is 338 g/mol. The Morgan fingerprint density at radius 1 is 1.36 bits per heavy atom. The van der Waals surface area contributed by atoms with Crippen LogP contribution in [0.25, 0.3) is 11.3 Å². The SMILES string of the molecule is O=C(NCC1Cc2cc(-c3cnccn3)cc(Cl)c2O1)C1=CCCC1. The molecule has 0 saturated heterocycles. The van der Waals surface area contributed by atoms with Crippen molar-refractivity contribution in [1.29, 1.82) is 0 Å². The van der Waals surface area contributed by atoms with Gasteiger partial charge in [-0.15, -0.1) is 0 Å². The number of rotatable bonds is 4. The van der Waals surface area contributed by atoms with Crippen LogP contribution in [0.15, 0.2) is 42.4 Å². The molecule has 1 amide bonds. The minimum Gasteiger partial charge on any atom is -0.486 e. The highest BCUT2D eigenvalue weighted by atomic mass is 35.5. The van der Waals surface area contributed by atoms with Crippen molar-refractivity contribution in [2.45, 2.75) is 31.8 Å². The van der Waals surface area contributed by atoms with E-state index in [-0.39, 0.29) is 12.0 Å². The molecule has 0 radical (unpaired) electrons. The van der Waals surface area contributed by atoms with Gasteiger partial charge in [0.05, 0.1) is 23.5 Å². The van der Waals surface area contributed by atoms with Crippen molar-refractivity contribution < 1.29 is 9.53 Å². The number of fused-ring (bicyclic) bond motifs is 1. The summed E-state index contributed by atoms with van der Waals surface area (Å²) < 4.78 is 5.94. The monoisotopic (exact) mass is 355 g/mol. The Labute approximate surface area is 151 Å². The predicted octanol–water partition coefficient (Wildman–Crippen LogP) is 3.33. The molecule has 1 aliphatic carbocycles. The second-order valence-electron chi connectivity index (χ2n) is 6.31. The Morgan fingerprint density at radius 3 is 3.04 bits per heavy atom. The lowest BCUT2D eigenvalue weighted by molar-refractivity contribution is -0.117. The van der Waals surface area contributed by atoms with Crippen LogP contribution in [0.2, 0.25) is 5.02 Å². The van der Waals surface area contributed by atoms with Gasteiger partial charge in [-0.2, -0.15) is 0 Å². The van der Waals surface area contributed by atoms with Crippen LogP contribution in [-0.4, -0.2) is 28.5 Å². The molecule has 1 atom stereocenters. The topological polar surface area (TPSA) is 64.1 Å². The lowest BCUT2D eigenvalue weighted by atomic mass is 10.0. The Hall–Kier alpha value is -2.40. The number of ether oxygens (including phenoxy) is 1. The number of halogens is 1. The van der Waals surface area contributed by atoms with Gasteiger partial charge in [0.1, 0.15) is 11.9 Å². The minimum absolute atomic E-state index is 0.0170. The van der Waals surface area contributed by atoms with Gasteiger partial charge in [0.2, 0.25) is 5.91 Å². The summed E-state index contributed by atoms with van der Waals surface area (Å²) in [5.74, 6) is 0.719. The zero-order valence-corrected chi connectivity index (χ0v) is 14.4. The van der Waals surface area contributed by atoms with E-state index in [2.05, 4.69) is 15.3 Å². The number of nitrogens with one attached hydrogen (secondary N) is 1. The highest BCUT2D eigenvalue weighted by molar-refractivity contribution is 6.32. The molecule has 4 rings (SSSR count). The lowest BCUT2D eigenvalue weighted by Gasteiger charge is -2.12. The molecule has 128 valence electrons. The third-order valence-electron chi connectivity index (χ3n) is 4.53. The third-order valence-corrected chi connectivity index (χ3v) is 4.82. The van der Waals surface area contributed by atoms with Gasteiger partial charge in [-0.1, -0.05) is 17.7 Å². The summed E-state index contributed by atoms with van der Waals surface area (Å²) in [4.78, 5) is 20.5. The first kappa shape index (κ1) is 16.1. The van der Waals surface area contributed by atoms with Crippen molar-refractivity contribution in [2.24, 2.45) is 0 Å². The van der Waals surface area contributed by atoms with E-state index in [1.807, 2.05) is 18.2 Å². The van der Waals surface area contributed by atoms with Crippen molar-refractivity contribution in [2.75, 3.05) is 6.54 Å². The maximum Gasteiger partial charge on any atom is 0.247 e. The first-order valence-electron chi connectivity index (χ1n) is 8.43. The Balaban J connectivity index is 1.45. The normalized spacial score (nSPS) is 18.4. The number of benzene rings is 1. The van der Waals surface area contributed by atoms with Gasteiger partial charge in [0.25, 0.3) is 0 Å². The van der Waals surface area contributed by atoms with Gasteiger partial charge in [-0.05, 0) is 31.4 Å². The Kier molecular flexibility index (Phi) is 4.40. The number of hydrogen-bond acceptors (Lipinski definition) is 4. The molecular formula is C19H18ClN3O2. The molecule has 6 heteroatoms. The van der Waals surface area contributed by atoms with Crippen LogP contribution in [0, 0.1) is 0 Å². The van der Waals surface area contributed by atoms with Gasteiger partial charge in [0, 0.05) is 35.5 Å². The maximum absolute atomic E-state index is 12.1. The smallest absolute Gasteiger partial charge is 0.247 e. The van der Waals surface area contributed by atoms with Gasteiger partial charge < -0.3 is 10.1 Å². The van der Waals surface area contributed by atoms with Gasteiger partial charge in [-0.3, -0.25) is 14.8 Å². The van der Waals surface area contributed by atoms with Crippen molar-refractivity contribution >= 4 is 17.5 Å². The molecule has 0 fully saturated rings. The van der Waals surface area contributed by atoms with E-state index in [0.29, 0.717) is 23.7 Å². The molecule has 5 nitrogen and oxygen atoms in total. The molecule has 0 spiro atoms. The number of aromatic nitrogens is 2. The Bertz CT molecular complexity index is 836. The van der Waals surface area contributed by atoms with E-state index in [1.54, 1.807) is 18.6 Å². The van der Waals surface area contributed by atoms with E-state index < -0.39 is 0 Å². The van der Waals surface area contributed by atoms with E-state index in [0.717, 1.165) is 41.7 Å². The fourth-order valence-electron chi connectivity index (χ4n) is 3.29. The van der Waals surface area contributed by atoms with E-state index >= 15 is 0 Å². The van der Waals surface area contributed by atoms with Crippen molar-refractivity contribution in [3.8, 4) is 17.0 Å². The highest BCUT2D eigenvalue weighted by Gasteiger charge is 2.27. The zero-order valence-electron chi connectivity index (χ0n) is 13.7. The molecule has 1 unspecified atom stereocenters. The molecule has 1 aromatic heterocycles. The molecule has 1 N–H and O–H groups in total. The molecule has 2 aliphatic rings. The van der Waals surface area contributed by atoms with Crippen LogP contribution >= 0.6 is 11.6 Å². The summed E-state index contributed by atoms with van der Waals surface area (Å²) >= 11 is 6.39.